The fourth-order valence-corrected chi connectivity index (χ4v) is 1.80. The van der Waals surface area contributed by atoms with Crippen LogP contribution >= 0.6 is 0 Å². The lowest BCUT2D eigenvalue weighted by Crippen LogP contribution is -2.26. The fraction of sp³-hybridized carbons (Fsp3) is 0.214. The Morgan fingerprint density at radius 2 is 2.10 bits per heavy atom. The summed E-state index contributed by atoms with van der Waals surface area (Å²) in [5.41, 5.74) is 0.247. The van der Waals surface area contributed by atoms with E-state index in [1.807, 2.05) is 0 Å². The van der Waals surface area contributed by atoms with Gasteiger partial charge in [-0.25, -0.2) is 9.78 Å². The number of ether oxygens (including phenoxy) is 1. The smallest absolute Gasteiger partial charge is 0.335 e. The van der Waals surface area contributed by atoms with Crippen LogP contribution in [-0.2, 0) is 6.42 Å². The zero-order valence-corrected chi connectivity index (χ0v) is 11.4. The number of nitrogens with one attached hydrogen (secondary N) is 2. The van der Waals surface area contributed by atoms with E-state index in [2.05, 4.69) is 15.3 Å². The molecule has 1 aromatic heterocycles. The number of rotatable bonds is 6. The number of imidazole rings is 1. The van der Waals surface area contributed by atoms with Crippen molar-refractivity contribution in [2.75, 3.05) is 13.7 Å². The fourth-order valence-electron chi connectivity index (χ4n) is 1.80. The highest BCUT2D eigenvalue weighted by Gasteiger charge is 2.12. The van der Waals surface area contributed by atoms with Gasteiger partial charge in [-0.15, -0.1) is 0 Å². The lowest BCUT2D eigenvalue weighted by atomic mass is 10.1. The molecular weight excluding hydrogens is 274 g/mol. The number of carboxylic acid groups (broad SMARTS) is 1. The van der Waals surface area contributed by atoms with Gasteiger partial charge in [0.25, 0.3) is 5.91 Å². The number of carboxylic acids is 1. The SMILES string of the molecule is COc1cc(C(=O)O)cc(C(=O)NCCc2ncc[nH]2)c1. The Balaban J connectivity index is 2.04. The van der Waals surface area contributed by atoms with Gasteiger partial charge < -0.3 is 20.1 Å². The predicted octanol–water partition coefficient (Wildman–Crippen LogP) is 1.09. The molecule has 0 bridgehead atoms. The summed E-state index contributed by atoms with van der Waals surface area (Å²) in [7, 11) is 1.42. The van der Waals surface area contributed by atoms with Crippen LogP contribution in [-0.4, -0.2) is 40.6 Å². The number of aromatic carboxylic acids is 1. The molecule has 0 saturated heterocycles. The van der Waals surface area contributed by atoms with Gasteiger partial charge in [0, 0.05) is 30.9 Å². The summed E-state index contributed by atoms with van der Waals surface area (Å²) in [4.78, 5) is 30.0. The minimum Gasteiger partial charge on any atom is -0.497 e. The third-order valence-corrected chi connectivity index (χ3v) is 2.85. The molecule has 7 nitrogen and oxygen atoms in total. The van der Waals surface area contributed by atoms with Crippen molar-refractivity contribution in [3.63, 3.8) is 0 Å². The van der Waals surface area contributed by atoms with E-state index in [0.717, 1.165) is 5.82 Å². The Morgan fingerprint density at radius 3 is 2.71 bits per heavy atom. The molecule has 0 atom stereocenters. The number of benzene rings is 1. The van der Waals surface area contributed by atoms with Gasteiger partial charge in [-0.3, -0.25) is 4.79 Å². The molecule has 0 aliphatic rings. The molecule has 110 valence electrons. The number of hydrogen-bond donors (Lipinski definition) is 3. The average molecular weight is 289 g/mol. The van der Waals surface area contributed by atoms with Gasteiger partial charge in [0.2, 0.25) is 0 Å². The first-order chi connectivity index (χ1) is 10.1. The topological polar surface area (TPSA) is 104 Å². The standard InChI is InChI=1S/C14H15N3O4/c1-21-11-7-9(6-10(8-11)14(19)20)13(18)17-3-2-12-15-4-5-16-12/h4-8H,2-3H2,1H3,(H,15,16)(H,17,18)(H,19,20). The van der Waals surface area contributed by atoms with E-state index in [1.165, 1.54) is 25.3 Å². The number of hydrogen-bond acceptors (Lipinski definition) is 4. The Bertz CT molecular complexity index is 638. The zero-order valence-electron chi connectivity index (χ0n) is 11.4. The number of carbonyl (C=O) groups excluding carboxylic acids is 1. The molecule has 1 amide bonds. The van der Waals surface area contributed by atoms with Crippen LogP contribution in [0, 0.1) is 0 Å². The maximum absolute atomic E-state index is 12.0. The molecule has 2 rings (SSSR count). The lowest BCUT2D eigenvalue weighted by Gasteiger charge is -2.07. The maximum Gasteiger partial charge on any atom is 0.335 e. The first kappa shape index (κ1) is 14.6. The van der Waals surface area contributed by atoms with Crippen molar-refractivity contribution in [3.8, 4) is 5.75 Å². The molecule has 0 unspecified atom stereocenters. The molecule has 0 aliphatic carbocycles. The molecule has 2 aromatic rings. The van der Waals surface area contributed by atoms with Crippen LogP contribution in [0.4, 0.5) is 0 Å². The van der Waals surface area contributed by atoms with Gasteiger partial charge >= 0.3 is 5.97 Å². The minimum absolute atomic E-state index is 0.00512. The van der Waals surface area contributed by atoms with E-state index in [0.29, 0.717) is 18.7 Å². The molecular formula is C14H15N3O4. The largest absolute Gasteiger partial charge is 0.497 e. The monoisotopic (exact) mass is 289 g/mol. The van der Waals surface area contributed by atoms with E-state index in [4.69, 9.17) is 9.84 Å². The van der Waals surface area contributed by atoms with Crippen LogP contribution in [0.25, 0.3) is 0 Å². The number of H-pyrrole nitrogens is 1. The lowest BCUT2D eigenvalue weighted by molar-refractivity contribution is 0.0696. The summed E-state index contributed by atoms with van der Waals surface area (Å²) < 4.78 is 5.00. The van der Waals surface area contributed by atoms with Crippen molar-refractivity contribution >= 4 is 11.9 Å². The number of methoxy groups -OCH3 is 1. The number of amides is 1. The quantitative estimate of drug-likeness (QED) is 0.738. The van der Waals surface area contributed by atoms with E-state index in [9.17, 15) is 9.59 Å². The number of carbonyl (C=O) groups is 2. The maximum atomic E-state index is 12.0. The van der Waals surface area contributed by atoms with E-state index in [-0.39, 0.29) is 17.0 Å². The Hall–Kier alpha value is -2.83. The second-order valence-corrected chi connectivity index (χ2v) is 4.30. The highest BCUT2D eigenvalue weighted by Crippen LogP contribution is 2.17. The van der Waals surface area contributed by atoms with Crippen molar-refractivity contribution in [1.29, 1.82) is 0 Å². The normalized spacial score (nSPS) is 10.1. The number of aromatic amines is 1. The Kier molecular flexibility index (Phi) is 4.55. The number of aromatic nitrogens is 2. The third-order valence-electron chi connectivity index (χ3n) is 2.85. The van der Waals surface area contributed by atoms with Crippen LogP contribution in [0.2, 0.25) is 0 Å². The third kappa shape index (κ3) is 3.82. The molecule has 7 heteroatoms. The first-order valence-corrected chi connectivity index (χ1v) is 6.29. The predicted molar refractivity (Wildman–Crippen MR) is 74.6 cm³/mol. The van der Waals surface area contributed by atoms with Crippen molar-refractivity contribution in [3.05, 3.63) is 47.5 Å². The van der Waals surface area contributed by atoms with E-state index in [1.54, 1.807) is 12.4 Å². The van der Waals surface area contributed by atoms with Crippen LogP contribution in [0.3, 0.4) is 0 Å². The van der Waals surface area contributed by atoms with Gasteiger partial charge in [0.05, 0.1) is 12.7 Å². The van der Waals surface area contributed by atoms with Gasteiger partial charge in [-0.2, -0.15) is 0 Å². The highest BCUT2D eigenvalue weighted by molar-refractivity contribution is 5.98. The molecule has 1 aromatic carbocycles. The summed E-state index contributed by atoms with van der Waals surface area (Å²) in [6, 6.07) is 4.17. The summed E-state index contributed by atoms with van der Waals surface area (Å²) in [5.74, 6) is -0.375. The molecule has 0 saturated carbocycles. The van der Waals surface area contributed by atoms with Gasteiger partial charge in [0.15, 0.2) is 0 Å². The summed E-state index contributed by atoms with van der Waals surface area (Å²) >= 11 is 0. The van der Waals surface area contributed by atoms with Crippen LogP contribution in [0.5, 0.6) is 5.75 Å². The first-order valence-electron chi connectivity index (χ1n) is 6.29. The second kappa shape index (κ2) is 6.56. The Labute approximate surface area is 121 Å². The van der Waals surface area contributed by atoms with E-state index < -0.39 is 5.97 Å². The van der Waals surface area contributed by atoms with E-state index >= 15 is 0 Å². The summed E-state index contributed by atoms with van der Waals surface area (Å²) in [6.07, 6.45) is 3.91. The van der Waals surface area contributed by atoms with Crippen LogP contribution in [0.15, 0.2) is 30.6 Å². The van der Waals surface area contributed by atoms with Crippen LogP contribution < -0.4 is 10.1 Å². The molecule has 0 fully saturated rings. The highest BCUT2D eigenvalue weighted by atomic mass is 16.5. The zero-order chi connectivity index (χ0) is 15.2. The molecule has 21 heavy (non-hydrogen) atoms. The van der Waals surface area contributed by atoms with Crippen molar-refractivity contribution in [1.82, 2.24) is 15.3 Å². The van der Waals surface area contributed by atoms with Crippen molar-refractivity contribution < 1.29 is 19.4 Å². The average Bonchev–Trinajstić information content (AvgIpc) is 2.99. The summed E-state index contributed by atoms with van der Waals surface area (Å²) in [6.45, 7) is 0.395. The molecule has 1 heterocycles. The van der Waals surface area contributed by atoms with Crippen LogP contribution in [0.1, 0.15) is 26.5 Å². The van der Waals surface area contributed by atoms with Gasteiger partial charge in [-0.05, 0) is 18.2 Å². The minimum atomic E-state index is -1.11. The van der Waals surface area contributed by atoms with Crippen molar-refractivity contribution in [2.45, 2.75) is 6.42 Å². The molecule has 0 aliphatic heterocycles. The molecule has 0 spiro atoms. The number of nitrogens with zero attached hydrogens (tertiary/aromatic N) is 1. The van der Waals surface area contributed by atoms with Gasteiger partial charge in [0.1, 0.15) is 11.6 Å². The van der Waals surface area contributed by atoms with Gasteiger partial charge in [-0.1, -0.05) is 0 Å². The Morgan fingerprint density at radius 1 is 1.33 bits per heavy atom. The summed E-state index contributed by atoms with van der Waals surface area (Å²) in [5, 5.41) is 11.7. The molecule has 3 N–H and O–H groups in total. The molecule has 0 radical (unpaired) electrons. The second-order valence-electron chi connectivity index (χ2n) is 4.30. The van der Waals surface area contributed by atoms with Crippen molar-refractivity contribution in [2.24, 2.45) is 0 Å².